The van der Waals surface area contributed by atoms with E-state index in [0.29, 0.717) is 18.3 Å². The van der Waals surface area contributed by atoms with E-state index in [1.54, 1.807) is 11.3 Å². The van der Waals surface area contributed by atoms with Gasteiger partial charge in [-0.25, -0.2) is 0 Å². The molecule has 0 amide bonds. The first-order valence-corrected chi connectivity index (χ1v) is 6.89. The maximum absolute atomic E-state index is 10.5. The topological polar surface area (TPSA) is 79.5 Å². The maximum atomic E-state index is 10.5. The third-order valence-electron chi connectivity index (χ3n) is 3.05. The molecule has 0 bridgehead atoms. The minimum absolute atomic E-state index is 0.237. The molecular formula is C12H13N3O3S. The Bertz CT molecular complexity index is 561. The number of aromatic nitrogens is 2. The van der Waals surface area contributed by atoms with Gasteiger partial charge >= 0.3 is 5.97 Å². The summed E-state index contributed by atoms with van der Waals surface area (Å²) in [7, 11) is 0. The smallest absolute Gasteiger partial charge is 0.303 e. The molecule has 1 N–H and O–H groups in total. The molecule has 0 radical (unpaired) electrons. The van der Waals surface area contributed by atoms with Gasteiger partial charge in [0.15, 0.2) is 0 Å². The number of thiophene rings is 1. The molecular weight excluding hydrogens is 266 g/mol. The Kier molecular flexibility index (Phi) is 3.31. The summed E-state index contributed by atoms with van der Waals surface area (Å²) in [6.07, 6.45) is 0.237. The number of nitrogens with zero attached hydrogens (tertiary/aromatic N) is 3. The molecule has 2 aromatic heterocycles. The Morgan fingerprint density at radius 2 is 2.37 bits per heavy atom. The predicted molar refractivity (Wildman–Crippen MR) is 68.6 cm³/mol. The number of carbonyl (C=O) groups is 1. The first kappa shape index (κ1) is 12.3. The molecule has 0 unspecified atom stereocenters. The van der Waals surface area contributed by atoms with Crippen LogP contribution in [-0.4, -0.2) is 39.3 Å². The van der Waals surface area contributed by atoms with Gasteiger partial charge in [-0.1, -0.05) is 6.07 Å². The number of carboxylic acid groups (broad SMARTS) is 1. The van der Waals surface area contributed by atoms with Crippen molar-refractivity contribution in [2.75, 3.05) is 13.1 Å². The number of hydrogen-bond acceptors (Lipinski definition) is 6. The number of likely N-dealkylation sites (tertiary alicyclic amines) is 1. The third kappa shape index (κ3) is 2.82. The van der Waals surface area contributed by atoms with Crippen LogP contribution in [0.2, 0.25) is 0 Å². The highest BCUT2D eigenvalue weighted by molar-refractivity contribution is 7.13. The Hall–Kier alpha value is -1.73. The van der Waals surface area contributed by atoms with Gasteiger partial charge in [0.05, 0.1) is 17.8 Å². The summed E-state index contributed by atoms with van der Waals surface area (Å²) in [4.78, 5) is 13.6. The van der Waals surface area contributed by atoms with Gasteiger partial charge in [0, 0.05) is 13.1 Å². The number of hydrogen-bond donors (Lipinski definition) is 1. The van der Waals surface area contributed by atoms with Crippen molar-refractivity contribution in [3.63, 3.8) is 0 Å². The standard InChI is InChI=1S/C12H13N3O3S/c16-11(17)4-8-5-15(6-8)7-10-13-14-12(18-10)9-2-1-3-19-9/h1-3,8H,4-7H2,(H,16,17). The monoisotopic (exact) mass is 279 g/mol. The summed E-state index contributed by atoms with van der Waals surface area (Å²) >= 11 is 1.56. The van der Waals surface area contributed by atoms with Crippen molar-refractivity contribution in [3.05, 3.63) is 23.4 Å². The normalized spacial score (nSPS) is 16.4. The van der Waals surface area contributed by atoms with E-state index < -0.39 is 5.97 Å². The maximum Gasteiger partial charge on any atom is 0.303 e. The molecule has 1 saturated heterocycles. The molecule has 3 rings (SSSR count). The number of aliphatic carboxylic acids is 1. The molecule has 0 aromatic carbocycles. The fraction of sp³-hybridized carbons (Fsp3) is 0.417. The van der Waals surface area contributed by atoms with Crippen LogP contribution in [0, 0.1) is 5.92 Å². The van der Waals surface area contributed by atoms with Gasteiger partial charge in [-0.2, -0.15) is 0 Å². The van der Waals surface area contributed by atoms with Crippen molar-refractivity contribution in [2.45, 2.75) is 13.0 Å². The van der Waals surface area contributed by atoms with Crippen molar-refractivity contribution in [2.24, 2.45) is 5.92 Å². The highest BCUT2D eigenvalue weighted by atomic mass is 32.1. The van der Waals surface area contributed by atoms with Crippen molar-refractivity contribution in [3.8, 4) is 10.8 Å². The van der Waals surface area contributed by atoms with Crippen LogP contribution >= 0.6 is 11.3 Å². The van der Waals surface area contributed by atoms with Gasteiger partial charge in [-0.15, -0.1) is 21.5 Å². The Labute approximate surface area is 113 Å². The van der Waals surface area contributed by atoms with Gasteiger partial charge in [-0.05, 0) is 17.4 Å². The molecule has 0 aliphatic carbocycles. The van der Waals surface area contributed by atoms with E-state index in [0.717, 1.165) is 18.0 Å². The Balaban J connectivity index is 1.53. The lowest BCUT2D eigenvalue weighted by molar-refractivity contribution is -0.139. The first-order valence-electron chi connectivity index (χ1n) is 6.01. The lowest BCUT2D eigenvalue weighted by Gasteiger charge is -2.37. The van der Waals surface area contributed by atoms with Crippen molar-refractivity contribution in [1.29, 1.82) is 0 Å². The van der Waals surface area contributed by atoms with Gasteiger partial charge < -0.3 is 9.52 Å². The van der Waals surface area contributed by atoms with Crippen LogP contribution in [0.3, 0.4) is 0 Å². The van der Waals surface area contributed by atoms with Crippen LogP contribution in [-0.2, 0) is 11.3 Å². The molecule has 1 fully saturated rings. The molecule has 19 heavy (non-hydrogen) atoms. The Morgan fingerprint density at radius 3 is 3.05 bits per heavy atom. The highest BCUT2D eigenvalue weighted by Crippen LogP contribution is 2.25. The molecule has 0 spiro atoms. The van der Waals surface area contributed by atoms with Crippen LogP contribution in [0.25, 0.3) is 10.8 Å². The van der Waals surface area contributed by atoms with E-state index in [9.17, 15) is 4.79 Å². The van der Waals surface area contributed by atoms with Crippen LogP contribution in [0.1, 0.15) is 12.3 Å². The average Bonchev–Trinajstić information content (AvgIpc) is 2.95. The zero-order chi connectivity index (χ0) is 13.2. The predicted octanol–water partition coefficient (Wildman–Crippen LogP) is 1.70. The van der Waals surface area contributed by atoms with Crippen LogP contribution in [0.4, 0.5) is 0 Å². The van der Waals surface area contributed by atoms with Gasteiger partial charge in [0.25, 0.3) is 5.89 Å². The second kappa shape index (κ2) is 5.10. The molecule has 0 atom stereocenters. The van der Waals surface area contributed by atoms with Gasteiger partial charge in [0.2, 0.25) is 5.89 Å². The summed E-state index contributed by atoms with van der Waals surface area (Å²) in [6.45, 7) is 2.15. The zero-order valence-electron chi connectivity index (χ0n) is 10.2. The summed E-state index contributed by atoms with van der Waals surface area (Å²) in [5.41, 5.74) is 0. The van der Waals surface area contributed by atoms with Crippen LogP contribution < -0.4 is 0 Å². The fourth-order valence-electron chi connectivity index (χ4n) is 2.19. The molecule has 6 nitrogen and oxygen atoms in total. The quantitative estimate of drug-likeness (QED) is 0.897. The first-order chi connectivity index (χ1) is 9.20. The van der Waals surface area contributed by atoms with Crippen molar-refractivity contribution in [1.82, 2.24) is 15.1 Å². The van der Waals surface area contributed by atoms with E-state index in [1.165, 1.54) is 0 Å². The molecule has 100 valence electrons. The third-order valence-corrected chi connectivity index (χ3v) is 3.91. The van der Waals surface area contributed by atoms with E-state index in [4.69, 9.17) is 9.52 Å². The molecule has 1 aliphatic rings. The van der Waals surface area contributed by atoms with E-state index >= 15 is 0 Å². The molecule has 7 heteroatoms. The summed E-state index contributed by atoms with van der Waals surface area (Å²) in [5, 5.41) is 18.7. The summed E-state index contributed by atoms with van der Waals surface area (Å²) in [5.74, 6) is 0.643. The number of carboxylic acids is 1. The lowest BCUT2D eigenvalue weighted by Crippen LogP contribution is -2.46. The molecule has 1 aliphatic heterocycles. The second-order valence-electron chi connectivity index (χ2n) is 4.64. The lowest BCUT2D eigenvalue weighted by atomic mass is 9.97. The number of rotatable bonds is 5. The van der Waals surface area contributed by atoms with Gasteiger partial charge in [0.1, 0.15) is 0 Å². The molecule has 2 aromatic rings. The average molecular weight is 279 g/mol. The largest absolute Gasteiger partial charge is 0.481 e. The summed E-state index contributed by atoms with van der Waals surface area (Å²) < 4.78 is 5.58. The highest BCUT2D eigenvalue weighted by Gasteiger charge is 2.29. The zero-order valence-corrected chi connectivity index (χ0v) is 11.0. The molecule has 3 heterocycles. The van der Waals surface area contributed by atoms with Gasteiger partial charge in [-0.3, -0.25) is 9.69 Å². The molecule has 0 saturated carbocycles. The minimum Gasteiger partial charge on any atom is -0.481 e. The fourth-order valence-corrected chi connectivity index (χ4v) is 2.83. The van der Waals surface area contributed by atoms with E-state index in [-0.39, 0.29) is 12.3 Å². The minimum atomic E-state index is -0.734. The van der Waals surface area contributed by atoms with Crippen molar-refractivity contribution >= 4 is 17.3 Å². The van der Waals surface area contributed by atoms with Crippen molar-refractivity contribution < 1.29 is 14.3 Å². The van der Waals surface area contributed by atoms with E-state index in [2.05, 4.69) is 15.1 Å². The second-order valence-corrected chi connectivity index (χ2v) is 5.58. The summed E-state index contributed by atoms with van der Waals surface area (Å²) in [6, 6.07) is 3.88. The van der Waals surface area contributed by atoms with Crippen LogP contribution in [0.5, 0.6) is 0 Å². The SMILES string of the molecule is O=C(O)CC1CN(Cc2nnc(-c3cccs3)o2)C1. The van der Waals surface area contributed by atoms with E-state index in [1.807, 2.05) is 17.5 Å². The van der Waals surface area contributed by atoms with Crippen LogP contribution in [0.15, 0.2) is 21.9 Å². The Morgan fingerprint density at radius 1 is 1.53 bits per heavy atom.